The number of fused-ring (bicyclic) bond motifs is 1. The summed E-state index contributed by atoms with van der Waals surface area (Å²) >= 11 is 1.78. The molecule has 2 unspecified atom stereocenters. The van der Waals surface area contributed by atoms with Gasteiger partial charge in [-0.05, 0) is 24.5 Å². The van der Waals surface area contributed by atoms with Gasteiger partial charge >= 0.3 is 0 Å². The highest BCUT2D eigenvalue weighted by Gasteiger charge is 2.31. The standard InChI is InChI=1S/C18H22N4OS/c1-21-11-14(9-19-21)22-8-4-5-13(10-22)20-18(23)16-12-24-17-7-3-2-6-15(16)17/h2-3,6-7,9,11,13,16H,4-5,8,10,12H2,1H3,(H,20,23). The van der Waals surface area contributed by atoms with Crippen LogP contribution < -0.4 is 10.2 Å². The van der Waals surface area contributed by atoms with E-state index in [2.05, 4.69) is 27.4 Å². The van der Waals surface area contributed by atoms with E-state index in [9.17, 15) is 4.79 Å². The first kappa shape index (κ1) is 15.6. The fraction of sp³-hybridized carbons (Fsp3) is 0.444. The molecule has 3 heterocycles. The fourth-order valence-electron chi connectivity index (χ4n) is 3.58. The van der Waals surface area contributed by atoms with Crippen LogP contribution in [0, 0.1) is 0 Å². The number of amides is 1. The SMILES string of the molecule is Cn1cc(N2CCCC(NC(=O)C3CSc4ccccc43)C2)cn1. The van der Waals surface area contributed by atoms with E-state index in [4.69, 9.17) is 0 Å². The Labute approximate surface area is 146 Å². The zero-order valence-corrected chi connectivity index (χ0v) is 14.6. The number of aromatic nitrogens is 2. The van der Waals surface area contributed by atoms with Gasteiger partial charge in [-0.3, -0.25) is 9.48 Å². The average molecular weight is 342 g/mol. The number of carbonyl (C=O) groups is 1. The van der Waals surface area contributed by atoms with E-state index in [1.165, 1.54) is 10.5 Å². The van der Waals surface area contributed by atoms with Crippen molar-refractivity contribution in [1.82, 2.24) is 15.1 Å². The number of carbonyl (C=O) groups excluding carboxylic acids is 1. The maximum atomic E-state index is 12.8. The Morgan fingerprint density at radius 3 is 3.08 bits per heavy atom. The Balaban J connectivity index is 1.41. The molecule has 1 fully saturated rings. The maximum Gasteiger partial charge on any atom is 0.228 e. The predicted molar refractivity (Wildman–Crippen MR) is 96.5 cm³/mol. The van der Waals surface area contributed by atoms with Gasteiger partial charge in [-0.1, -0.05) is 18.2 Å². The third-order valence-electron chi connectivity index (χ3n) is 4.84. The molecule has 2 aliphatic heterocycles. The van der Waals surface area contributed by atoms with E-state index in [0.29, 0.717) is 0 Å². The molecule has 1 amide bonds. The van der Waals surface area contributed by atoms with Crippen LogP contribution in [0.5, 0.6) is 0 Å². The lowest BCUT2D eigenvalue weighted by molar-refractivity contribution is -0.122. The molecule has 2 aromatic rings. The molecule has 0 radical (unpaired) electrons. The first-order valence-electron chi connectivity index (χ1n) is 8.46. The summed E-state index contributed by atoms with van der Waals surface area (Å²) in [5.41, 5.74) is 2.32. The number of hydrogen-bond donors (Lipinski definition) is 1. The third kappa shape index (κ3) is 3.02. The minimum Gasteiger partial charge on any atom is -0.367 e. The van der Waals surface area contributed by atoms with Crippen LogP contribution in [0.25, 0.3) is 0 Å². The van der Waals surface area contributed by atoms with E-state index in [1.54, 1.807) is 11.8 Å². The van der Waals surface area contributed by atoms with Gasteiger partial charge in [-0.25, -0.2) is 0 Å². The molecular weight excluding hydrogens is 320 g/mol. The number of nitrogens with zero attached hydrogens (tertiary/aromatic N) is 3. The van der Waals surface area contributed by atoms with Crippen LogP contribution in [-0.2, 0) is 11.8 Å². The van der Waals surface area contributed by atoms with Crippen molar-refractivity contribution in [2.45, 2.75) is 29.7 Å². The summed E-state index contributed by atoms with van der Waals surface area (Å²) in [6, 6.07) is 8.47. The summed E-state index contributed by atoms with van der Waals surface area (Å²) in [6.07, 6.45) is 6.07. The largest absolute Gasteiger partial charge is 0.367 e. The average Bonchev–Trinajstić information content (AvgIpc) is 3.21. The molecule has 1 aromatic heterocycles. The first-order chi connectivity index (χ1) is 11.7. The highest BCUT2D eigenvalue weighted by Crippen LogP contribution is 2.39. The smallest absolute Gasteiger partial charge is 0.228 e. The molecule has 1 aromatic carbocycles. The first-order valence-corrected chi connectivity index (χ1v) is 9.45. The summed E-state index contributed by atoms with van der Waals surface area (Å²) in [5, 5.41) is 7.54. The van der Waals surface area contributed by atoms with Crippen molar-refractivity contribution in [2.24, 2.45) is 7.05 Å². The summed E-state index contributed by atoms with van der Waals surface area (Å²) in [7, 11) is 1.93. The Kier molecular flexibility index (Phi) is 4.22. The zero-order valence-electron chi connectivity index (χ0n) is 13.8. The van der Waals surface area contributed by atoms with Crippen molar-refractivity contribution in [3.63, 3.8) is 0 Å². The van der Waals surface area contributed by atoms with E-state index >= 15 is 0 Å². The van der Waals surface area contributed by atoms with Crippen LogP contribution in [0.15, 0.2) is 41.6 Å². The third-order valence-corrected chi connectivity index (χ3v) is 6.02. The van der Waals surface area contributed by atoms with Crippen LogP contribution in [0.1, 0.15) is 24.3 Å². The Morgan fingerprint density at radius 2 is 2.25 bits per heavy atom. The van der Waals surface area contributed by atoms with Crippen LogP contribution in [-0.4, -0.2) is 40.6 Å². The van der Waals surface area contributed by atoms with Crippen LogP contribution in [0.4, 0.5) is 5.69 Å². The van der Waals surface area contributed by atoms with Gasteiger partial charge in [0.15, 0.2) is 0 Å². The maximum absolute atomic E-state index is 12.8. The number of anilines is 1. The highest BCUT2D eigenvalue weighted by atomic mass is 32.2. The van der Waals surface area contributed by atoms with Gasteiger partial charge in [-0.2, -0.15) is 5.10 Å². The minimum absolute atomic E-state index is 0.0139. The second-order valence-electron chi connectivity index (χ2n) is 6.57. The number of nitrogens with one attached hydrogen (secondary N) is 1. The molecule has 2 atom stereocenters. The number of piperidine rings is 1. The summed E-state index contributed by atoms with van der Waals surface area (Å²) in [6.45, 7) is 1.89. The van der Waals surface area contributed by atoms with Gasteiger partial charge in [0.2, 0.25) is 5.91 Å². The summed E-state index contributed by atoms with van der Waals surface area (Å²) < 4.78 is 1.82. The van der Waals surface area contributed by atoms with E-state index in [-0.39, 0.29) is 17.9 Å². The predicted octanol–water partition coefficient (Wildman–Crippen LogP) is 2.39. The topological polar surface area (TPSA) is 50.2 Å². The van der Waals surface area contributed by atoms with Crippen molar-refractivity contribution >= 4 is 23.4 Å². The zero-order chi connectivity index (χ0) is 16.5. The van der Waals surface area contributed by atoms with Gasteiger partial charge in [0, 0.05) is 43.0 Å². The van der Waals surface area contributed by atoms with Gasteiger partial charge < -0.3 is 10.2 Å². The van der Waals surface area contributed by atoms with Crippen molar-refractivity contribution < 1.29 is 4.79 Å². The molecule has 0 saturated carbocycles. The molecular formula is C18H22N4OS. The van der Waals surface area contributed by atoms with E-state index in [1.807, 2.05) is 36.3 Å². The molecule has 1 N–H and O–H groups in total. The van der Waals surface area contributed by atoms with Crippen molar-refractivity contribution in [1.29, 1.82) is 0 Å². The molecule has 0 aliphatic carbocycles. The second kappa shape index (κ2) is 6.51. The Hall–Kier alpha value is -1.95. The lowest BCUT2D eigenvalue weighted by atomic mass is 9.99. The van der Waals surface area contributed by atoms with Crippen molar-refractivity contribution in [3.05, 3.63) is 42.2 Å². The quantitative estimate of drug-likeness (QED) is 0.931. The number of rotatable bonds is 3. The normalized spacial score (nSPS) is 23.1. The van der Waals surface area contributed by atoms with Crippen molar-refractivity contribution in [2.75, 3.05) is 23.7 Å². The van der Waals surface area contributed by atoms with E-state index in [0.717, 1.165) is 37.4 Å². The van der Waals surface area contributed by atoms with Crippen LogP contribution in [0.3, 0.4) is 0 Å². The highest BCUT2D eigenvalue weighted by molar-refractivity contribution is 7.99. The molecule has 5 nitrogen and oxygen atoms in total. The number of hydrogen-bond acceptors (Lipinski definition) is 4. The number of aryl methyl sites for hydroxylation is 1. The molecule has 6 heteroatoms. The molecule has 126 valence electrons. The summed E-state index contributed by atoms with van der Waals surface area (Å²) in [4.78, 5) is 16.3. The Morgan fingerprint density at radius 1 is 1.38 bits per heavy atom. The van der Waals surface area contributed by atoms with Gasteiger partial charge in [0.05, 0.1) is 17.8 Å². The lowest BCUT2D eigenvalue weighted by Gasteiger charge is -2.34. The molecule has 0 bridgehead atoms. The minimum atomic E-state index is -0.0139. The Bertz CT molecular complexity index is 744. The molecule has 24 heavy (non-hydrogen) atoms. The monoisotopic (exact) mass is 342 g/mol. The molecule has 4 rings (SSSR count). The molecule has 1 saturated heterocycles. The molecule has 0 spiro atoms. The second-order valence-corrected chi connectivity index (χ2v) is 7.63. The van der Waals surface area contributed by atoms with Gasteiger partial charge in [0.1, 0.15) is 0 Å². The summed E-state index contributed by atoms with van der Waals surface area (Å²) in [5.74, 6) is 1.01. The van der Waals surface area contributed by atoms with Crippen LogP contribution in [0.2, 0.25) is 0 Å². The molecule has 2 aliphatic rings. The van der Waals surface area contributed by atoms with Gasteiger partial charge in [0.25, 0.3) is 0 Å². The van der Waals surface area contributed by atoms with Crippen molar-refractivity contribution in [3.8, 4) is 0 Å². The lowest BCUT2D eigenvalue weighted by Crippen LogP contribution is -2.49. The van der Waals surface area contributed by atoms with E-state index < -0.39 is 0 Å². The van der Waals surface area contributed by atoms with Gasteiger partial charge in [-0.15, -0.1) is 11.8 Å². The number of thioether (sulfide) groups is 1. The van der Waals surface area contributed by atoms with Crippen LogP contribution >= 0.6 is 11.8 Å². The number of benzene rings is 1. The fourth-order valence-corrected chi connectivity index (χ4v) is 4.81.